The second-order valence-electron chi connectivity index (χ2n) is 5.85. The van der Waals surface area contributed by atoms with Gasteiger partial charge in [0.15, 0.2) is 0 Å². The van der Waals surface area contributed by atoms with Gasteiger partial charge in [0.1, 0.15) is 17.5 Å². The third-order valence-electron chi connectivity index (χ3n) is 3.86. The van der Waals surface area contributed by atoms with Gasteiger partial charge in [0.2, 0.25) is 5.95 Å². The minimum absolute atomic E-state index is 0.270. The zero-order valence-electron chi connectivity index (χ0n) is 14.5. The third kappa shape index (κ3) is 3.92. The van der Waals surface area contributed by atoms with Gasteiger partial charge in [-0.05, 0) is 36.8 Å². The molecular formula is C20H15FN6. The number of pyridine rings is 1. The highest BCUT2D eigenvalue weighted by Gasteiger charge is 2.08. The molecule has 0 unspecified atom stereocenters. The molecule has 3 heterocycles. The minimum Gasteiger partial charge on any atom is -0.309 e. The van der Waals surface area contributed by atoms with E-state index in [0.29, 0.717) is 17.6 Å². The van der Waals surface area contributed by atoms with E-state index in [0.717, 1.165) is 22.4 Å². The number of benzene rings is 1. The Hall–Kier alpha value is -3.74. The van der Waals surface area contributed by atoms with Crippen LogP contribution in [-0.4, -0.2) is 24.9 Å². The second kappa shape index (κ2) is 7.25. The molecule has 0 spiro atoms. The Labute approximate surface area is 155 Å². The zero-order valence-corrected chi connectivity index (χ0v) is 14.5. The van der Waals surface area contributed by atoms with Crippen molar-refractivity contribution in [2.24, 2.45) is 0 Å². The van der Waals surface area contributed by atoms with Gasteiger partial charge in [-0.2, -0.15) is 0 Å². The predicted octanol–water partition coefficient (Wildman–Crippen LogP) is 4.19. The predicted molar refractivity (Wildman–Crippen MR) is 101 cm³/mol. The summed E-state index contributed by atoms with van der Waals surface area (Å²) in [6.45, 7) is 1.82. The Morgan fingerprint density at radius 1 is 0.852 bits per heavy atom. The van der Waals surface area contributed by atoms with E-state index in [-0.39, 0.29) is 5.82 Å². The highest BCUT2D eigenvalue weighted by Crippen LogP contribution is 2.26. The summed E-state index contributed by atoms with van der Waals surface area (Å²) in [5.74, 6) is 1.39. The van der Waals surface area contributed by atoms with Gasteiger partial charge in [0.25, 0.3) is 0 Å². The number of nitrogens with zero attached hydrogens (tertiary/aromatic N) is 5. The molecule has 6 nitrogen and oxygen atoms in total. The van der Waals surface area contributed by atoms with Gasteiger partial charge in [-0.15, -0.1) is 0 Å². The molecule has 0 aliphatic heterocycles. The lowest BCUT2D eigenvalue weighted by atomic mass is 10.0. The van der Waals surface area contributed by atoms with Crippen LogP contribution in [0.25, 0.3) is 22.4 Å². The summed E-state index contributed by atoms with van der Waals surface area (Å²) in [6, 6.07) is 11.8. The molecule has 27 heavy (non-hydrogen) atoms. The van der Waals surface area contributed by atoms with Crippen LogP contribution in [0.3, 0.4) is 0 Å². The average Bonchev–Trinajstić information content (AvgIpc) is 2.69. The lowest BCUT2D eigenvalue weighted by molar-refractivity contribution is 0.628. The molecular weight excluding hydrogens is 343 g/mol. The summed E-state index contributed by atoms with van der Waals surface area (Å²) in [5.41, 5.74) is 3.31. The van der Waals surface area contributed by atoms with E-state index in [9.17, 15) is 4.39 Å². The Morgan fingerprint density at radius 2 is 1.59 bits per heavy atom. The smallest absolute Gasteiger partial charge is 0.228 e. The number of rotatable bonds is 4. The lowest BCUT2D eigenvalue weighted by Gasteiger charge is -2.09. The summed E-state index contributed by atoms with van der Waals surface area (Å²) < 4.78 is 13.2. The number of aromatic nitrogens is 5. The topological polar surface area (TPSA) is 76.5 Å². The fourth-order valence-electron chi connectivity index (χ4n) is 2.64. The van der Waals surface area contributed by atoms with E-state index in [1.54, 1.807) is 43.0 Å². The van der Waals surface area contributed by atoms with Gasteiger partial charge >= 0.3 is 0 Å². The van der Waals surface area contributed by atoms with Crippen LogP contribution in [0.2, 0.25) is 0 Å². The first-order valence-corrected chi connectivity index (χ1v) is 8.28. The monoisotopic (exact) mass is 358 g/mol. The molecule has 0 aliphatic carbocycles. The highest BCUT2D eigenvalue weighted by molar-refractivity contribution is 5.71. The van der Waals surface area contributed by atoms with Crippen molar-refractivity contribution in [2.45, 2.75) is 6.92 Å². The van der Waals surface area contributed by atoms with Gasteiger partial charge < -0.3 is 5.32 Å². The number of halogens is 1. The average molecular weight is 358 g/mol. The van der Waals surface area contributed by atoms with Gasteiger partial charge in [-0.25, -0.2) is 24.3 Å². The van der Waals surface area contributed by atoms with Crippen molar-refractivity contribution in [3.63, 3.8) is 0 Å². The van der Waals surface area contributed by atoms with E-state index < -0.39 is 0 Å². The molecule has 0 saturated carbocycles. The number of aryl methyl sites for hydroxylation is 1. The maximum absolute atomic E-state index is 13.2. The van der Waals surface area contributed by atoms with E-state index in [1.807, 2.05) is 19.1 Å². The molecule has 7 heteroatoms. The molecule has 132 valence electrons. The van der Waals surface area contributed by atoms with Crippen molar-refractivity contribution >= 4 is 11.8 Å². The summed E-state index contributed by atoms with van der Waals surface area (Å²) in [5, 5.41) is 3.07. The molecule has 0 bridgehead atoms. The molecule has 1 aromatic carbocycles. The molecule has 0 atom stereocenters. The summed E-state index contributed by atoms with van der Waals surface area (Å²) >= 11 is 0. The molecule has 0 aliphatic rings. The van der Waals surface area contributed by atoms with Crippen LogP contribution in [0.5, 0.6) is 0 Å². The first kappa shape index (κ1) is 16.7. The summed E-state index contributed by atoms with van der Waals surface area (Å²) in [4.78, 5) is 21.5. The van der Waals surface area contributed by atoms with Crippen LogP contribution in [0.15, 0.2) is 67.3 Å². The SMILES string of the molecule is Cc1nc(Nc2ncccn2)cc(-c2cncc(-c3ccc(F)cc3)c2)n1. The van der Waals surface area contributed by atoms with E-state index in [2.05, 4.69) is 30.2 Å². The van der Waals surface area contributed by atoms with Crippen LogP contribution in [0.1, 0.15) is 5.82 Å². The number of anilines is 2. The Morgan fingerprint density at radius 3 is 2.37 bits per heavy atom. The molecule has 4 aromatic rings. The van der Waals surface area contributed by atoms with Crippen LogP contribution < -0.4 is 5.32 Å². The normalized spacial score (nSPS) is 10.6. The van der Waals surface area contributed by atoms with Crippen molar-refractivity contribution in [2.75, 3.05) is 5.32 Å². The van der Waals surface area contributed by atoms with Crippen LogP contribution in [-0.2, 0) is 0 Å². The van der Waals surface area contributed by atoms with E-state index >= 15 is 0 Å². The second-order valence-corrected chi connectivity index (χ2v) is 5.85. The number of nitrogens with one attached hydrogen (secondary N) is 1. The lowest BCUT2D eigenvalue weighted by Crippen LogP contribution is -2.01. The number of hydrogen-bond acceptors (Lipinski definition) is 6. The molecule has 4 rings (SSSR count). The Balaban J connectivity index is 1.69. The fraction of sp³-hybridized carbons (Fsp3) is 0.0500. The molecule has 0 saturated heterocycles. The summed E-state index contributed by atoms with van der Waals surface area (Å²) in [6.07, 6.45) is 6.78. The summed E-state index contributed by atoms with van der Waals surface area (Å²) in [7, 11) is 0. The fourth-order valence-corrected chi connectivity index (χ4v) is 2.64. The quantitative estimate of drug-likeness (QED) is 0.589. The van der Waals surface area contributed by atoms with Crippen LogP contribution in [0, 0.1) is 12.7 Å². The molecule has 0 radical (unpaired) electrons. The standard InChI is InChI=1S/C20H15FN6/c1-13-25-18(10-19(26-13)27-20-23-7-2-8-24-20)16-9-15(11-22-12-16)14-3-5-17(21)6-4-14/h2-12H,1H3,(H,23,24,25,26,27). The highest BCUT2D eigenvalue weighted by atomic mass is 19.1. The maximum Gasteiger partial charge on any atom is 0.228 e. The largest absolute Gasteiger partial charge is 0.309 e. The first-order chi connectivity index (χ1) is 13.2. The van der Waals surface area contributed by atoms with Gasteiger partial charge in [-0.3, -0.25) is 4.98 Å². The number of hydrogen-bond donors (Lipinski definition) is 1. The van der Waals surface area contributed by atoms with Gasteiger partial charge in [0, 0.05) is 42.0 Å². The third-order valence-corrected chi connectivity index (χ3v) is 3.86. The van der Waals surface area contributed by atoms with Crippen LogP contribution in [0.4, 0.5) is 16.2 Å². The van der Waals surface area contributed by atoms with Gasteiger partial charge in [-0.1, -0.05) is 12.1 Å². The minimum atomic E-state index is -0.270. The first-order valence-electron chi connectivity index (χ1n) is 8.28. The molecule has 1 N–H and O–H groups in total. The van der Waals surface area contributed by atoms with E-state index in [4.69, 9.17) is 0 Å². The molecule has 3 aromatic heterocycles. The van der Waals surface area contributed by atoms with Crippen molar-refractivity contribution < 1.29 is 4.39 Å². The Bertz CT molecular complexity index is 1070. The maximum atomic E-state index is 13.2. The van der Waals surface area contributed by atoms with Gasteiger partial charge in [0.05, 0.1) is 5.69 Å². The molecule has 0 amide bonds. The zero-order chi connectivity index (χ0) is 18.6. The van der Waals surface area contributed by atoms with Crippen molar-refractivity contribution in [1.82, 2.24) is 24.9 Å². The van der Waals surface area contributed by atoms with E-state index in [1.165, 1.54) is 12.1 Å². The van der Waals surface area contributed by atoms with Crippen LogP contribution >= 0.6 is 0 Å². The van der Waals surface area contributed by atoms with Crippen molar-refractivity contribution in [3.8, 4) is 22.4 Å². The van der Waals surface area contributed by atoms with Crippen molar-refractivity contribution in [3.05, 3.63) is 78.9 Å². The van der Waals surface area contributed by atoms with Crippen molar-refractivity contribution in [1.29, 1.82) is 0 Å². The molecule has 0 fully saturated rings. The Kier molecular flexibility index (Phi) is 4.49.